The van der Waals surface area contributed by atoms with Gasteiger partial charge in [-0.05, 0) is 6.08 Å². The first-order valence-electron chi connectivity index (χ1n) is 3.57. The third-order valence-corrected chi connectivity index (χ3v) is 1.44. The lowest BCUT2D eigenvalue weighted by molar-refractivity contribution is -0.121. The molecule has 1 rings (SSSR count). The largest absolute Gasteiger partial charge is 0.393 e. The SMILES string of the molecule is CC(=O)NC1=CC(CO)OC1O. The lowest BCUT2D eigenvalue weighted by Gasteiger charge is -2.08. The second-order valence-corrected chi connectivity index (χ2v) is 2.51. The average Bonchev–Trinajstić information content (AvgIpc) is 2.31. The molecule has 1 aliphatic rings. The summed E-state index contributed by atoms with van der Waals surface area (Å²) in [5.74, 6) is -0.275. The molecule has 2 unspecified atom stereocenters. The highest BCUT2D eigenvalue weighted by molar-refractivity contribution is 5.75. The van der Waals surface area contributed by atoms with Crippen molar-refractivity contribution in [2.75, 3.05) is 6.61 Å². The standard InChI is InChI=1S/C7H11NO4/c1-4(10)8-6-2-5(3-9)12-7(6)11/h2,5,7,9,11H,3H2,1H3,(H,8,10). The number of hydrogen-bond acceptors (Lipinski definition) is 4. The molecule has 3 N–H and O–H groups in total. The van der Waals surface area contributed by atoms with Gasteiger partial charge in [-0.25, -0.2) is 0 Å². The van der Waals surface area contributed by atoms with Crippen LogP contribution in [0, 0.1) is 0 Å². The van der Waals surface area contributed by atoms with Crippen LogP contribution in [0.25, 0.3) is 0 Å². The highest BCUT2D eigenvalue weighted by Crippen LogP contribution is 2.14. The molecule has 5 nitrogen and oxygen atoms in total. The molecule has 0 aromatic carbocycles. The summed E-state index contributed by atoms with van der Waals surface area (Å²) in [6, 6.07) is 0. The molecule has 0 saturated heterocycles. The van der Waals surface area contributed by atoms with Crippen molar-refractivity contribution in [2.24, 2.45) is 0 Å². The van der Waals surface area contributed by atoms with Crippen molar-refractivity contribution < 1.29 is 19.7 Å². The second kappa shape index (κ2) is 3.66. The molecule has 1 amide bonds. The summed E-state index contributed by atoms with van der Waals surface area (Å²) in [5, 5.41) is 20.2. The molecule has 68 valence electrons. The number of amides is 1. The van der Waals surface area contributed by atoms with Gasteiger partial charge in [-0.3, -0.25) is 4.79 Å². The zero-order valence-corrected chi connectivity index (χ0v) is 6.65. The number of aliphatic hydroxyl groups excluding tert-OH is 2. The van der Waals surface area contributed by atoms with Gasteiger partial charge in [0, 0.05) is 6.92 Å². The molecule has 0 aliphatic carbocycles. The van der Waals surface area contributed by atoms with Crippen molar-refractivity contribution in [1.29, 1.82) is 0 Å². The van der Waals surface area contributed by atoms with Crippen LogP contribution in [0.1, 0.15) is 6.92 Å². The van der Waals surface area contributed by atoms with Crippen LogP contribution in [0.15, 0.2) is 11.8 Å². The summed E-state index contributed by atoms with van der Waals surface area (Å²) >= 11 is 0. The van der Waals surface area contributed by atoms with Gasteiger partial charge in [0.15, 0.2) is 6.29 Å². The van der Waals surface area contributed by atoms with Crippen LogP contribution in [-0.2, 0) is 9.53 Å². The van der Waals surface area contributed by atoms with Crippen LogP contribution < -0.4 is 5.32 Å². The molecule has 1 aliphatic heterocycles. The fourth-order valence-electron chi connectivity index (χ4n) is 0.963. The summed E-state index contributed by atoms with van der Waals surface area (Å²) in [7, 11) is 0. The predicted octanol–water partition coefficient (Wildman–Crippen LogP) is -1.28. The fraction of sp³-hybridized carbons (Fsp3) is 0.571. The number of ether oxygens (including phenoxy) is 1. The Hall–Kier alpha value is -0.910. The van der Waals surface area contributed by atoms with Crippen LogP contribution in [0.2, 0.25) is 0 Å². The third-order valence-electron chi connectivity index (χ3n) is 1.44. The van der Waals surface area contributed by atoms with Gasteiger partial charge in [-0.15, -0.1) is 0 Å². The summed E-state index contributed by atoms with van der Waals surface area (Å²) < 4.78 is 4.82. The van der Waals surface area contributed by atoms with Crippen molar-refractivity contribution >= 4 is 5.91 Å². The molecule has 2 atom stereocenters. The average molecular weight is 173 g/mol. The highest BCUT2D eigenvalue weighted by Gasteiger charge is 2.24. The van der Waals surface area contributed by atoms with Gasteiger partial charge in [0.2, 0.25) is 5.91 Å². The van der Waals surface area contributed by atoms with Crippen LogP contribution >= 0.6 is 0 Å². The predicted molar refractivity (Wildman–Crippen MR) is 39.9 cm³/mol. The molecule has 0 aromatic rings. The molecular formula is C7H11NO4. The number of nitrogens with one attached hydrogen (secondary N) is 1. The van der Waals surface area contributed by atoms with E-state index in [-0.39, 0.29) is 12.5 Å². The van der Waals surface area contributed by atoms with E-state index in [1.54, 1.807) is 0 Å². The molecule has 5 heteroatoms. The highest BCUT2D eigenvalue weighted by atomic mass is 16.6. The van der Waals surface area contributed by atoms with Gasteiger partial charge in [-0.2, -0.15) is 0 Å². The van der Waals surface area contributed by atoms with Gasteiger partial charge in [0.05, 0.1) is 12.3 Å². The Labute approximate surface area is 69.6 Å². The molecule has 0 radical (unpaired) electrons. The van der Waals surface area contributed by atoms with Crippen molar-refractivity contribution in [2.45, 2.75) is 19.3 Å². The Bertz CT molecular complexity index is 213. The first-order chi connectivity index (χ1) is 5.63. The van der Waals surface area contributed by atoms with E-state index < -0.39 is 12.4 Å². The number of hydrogen-bond donors (Lipinski definition) is 3. The minimum Gasteiger partial charge on any atom is -0.393 e. The van der Waals surface area contributed by atoms with E-state index in [4.69, 9.17) is 14.9 Å². The van der Waals surface area contributed by atoms with Gasteiger partial charge in [0.1, 0.15) is 6.10 Å². The third kappa shape index (κ3) is 2.04. The Kier molecular flexibility index (Phi) is 2.80. The van der Waals surface area contributed by atoms with Gasteiger partial charge in [-0.1, -0.05) is 0 Å². The number of carbonyl (C=O) groups is 1. The van der Waals surface area contributed by atoms with E-state index in [9.17, 15) is 4.79 Å². The van der Waals surface area contributed by atoms with Crippen LogP contribution in [-0.4, -0.2) is 35.1 Å². The van der Waals surface area contributed by atoms with Crippen LogP contribution in [0.5, 0.6) is 0 Å². The van der Waals surface area contributed by atoms with Gasteiger partial charge in [0.25, 0.3) is 0 Å². The number of carbonyl (C=O) groups excluding carboxylic acids is 1. The molecule has 0 aromatic heterocycles. The van der Waals surface area contributed by atoms with E-state index in [0.29, 0.717) is 5.70 Å². The molecule has 0 fully saturated rings. The Morgan fingerprint density at radius 1 is 1.83 bits per heavy atom. The molecule has 0 saturated carbocycles. The van der Waals surface area contributed by atoms with Gasteiger partial charge < -0.3 is 20.3 Å². The van der Waals surface area contributed by atoms with E-state index in [1.165, 1.54) is 13.0 Å². The second-order valence-electron chi connectivity index (χ2n) is 2.51. The van der Waals surface area contributed by atoms with E-state index in [2.05, 4.69) is 5.32 Å². The summed E-state index contributed by atoms with van der Waals surface area (Å²) in [6.45, 7) is 1.12. The maximum atomic E-state index is 10.6. The first-order valence-corrected chi connectivity index (χ1v) is 3.57. The molecule has 0 spiro atoms. The van der Waals surface area contributed by atoms with E-state index in [0.717, 1.165) is 0 Å². The lowest BCUT2D eigenvalue weighted by Crippen LogP contribution is -2.26. The topological polar surface area (TPSA) is 78.8 Å². The number of aliphatic hydroxyl groups is 2. The van der Waals surface area contributed by atoms with E-state index in [1.807, 2.05) is 0 Å². The zero-order valence-electron chi connectivity index (χ0n) is 6.65. The quantitative estimate of drug-likeness (QED) is 0.485. The smallest absolute Gasteiger partial charge is 0.221 e. The molecular weight excluding hydrogens is 162 g/mol. The summed E-state index contributed by atoms with van der Waals surface area (Å²) in [5.41, 5.74) is 0.293. The van der Waals surface area contributed by atoms with Crippen molar-refractivity contribution in [3.63, 3.8) is 0 Å². The Morgan fingerprint density at radius 2 is 2.50 bits per heavy atom. The molecule has 0 bridgehead atoms. The minimum atomic E-state index is -1.13. The summed E-state index contributed by atoms with van der Waals surface area (Å²) in [6.07, 6.45) is -0.181. The number of rotatable bonds is 2. The first kappa shape index (κ1) is 9.18. The van der Waals surface area contributed by atoms with Gasteiger partial charge >= 0.3 is 0 Å². The van der Waals surface area contributed by atoms with Crippen molar-refractivity contribution in [3.8, 4) is 0 Å². The summed E-state index contributed by atoms with van der Waals surface area (Å²) in [4.78, 5) is 10.6. The van der Waals surface area contributed by atoms with Crippen LogP contribution in [0.3, 0.4) is 0 Å². The lowest BCUT2D eigenvalue weighted by atomic mass is 10.3. The fourth-order valence-corrected chi connectivity index (χ4v) is 0.963. The maximum absolute atomic E-state index is 10.6. The Morgan fingerprint density at radius 3 is 2.92 bits per heavy atom. The van der Waals surface area contributed by atoms with Crippen LogP contribution in [0.4, 0.5) is 0 Å². The van der Waals surface area contributed by atoms with E-state index >= 15 is 0 Å². The van der Waals surface area contributed by atoms with Crippen molar-refractivity contribution in [1.82, 2.24) is 5.32 Å². The monoisotopic (exact) mass is 173 g/mol. The normalized spacial score (nSPS) is 28.4. The van der Waals surface area contributed by atoms with Crippen molar-refractivity contribution in [3.05, 3.63) is 11.8 Å². The zero-order chi connectivity index (χ0) is 9.14. The minimum absolute atomic E-state index is 0.208. The molecule has 1 heterocycles. The molecule has 12 heavy (non-hydrogen) atoms. The Balaban J connectivity index is 2.57. The maximum Gasteiger partial charge on any atom is 0.221 e.